The van der Waals surface area contributed by atoms with E-state index >= 15 is 0 Å². The minimum Gasteiger partial charge on any atom is -0.487 e. The number of amides is 2. The van der Waals surface area contributed by atoms with Gasteiger partial charge in [-0.2, -0.15) is 0 Å². The molecule has 1 unspecified atom stereocenters. The smallest absolute Gasteiger partial charge is 0.319 e. The minimum atomic E-state index is -0.331. The number of urea groups is 1. The highest BCUT2D eigenvalue weighted by Crippen LogP contribution is 2.40. The SMILES string of the molecule is Cc1ccc(NC(=O)NC2CC(C)(C)Oc3ccc(Br)cc32)cc1. The molecule has 2 aromatic rings. The molecule has 2 N–H and O–H groups in total. The fourth-order valence-electron chi connectivity index (χ4n) is 2.92. The maximum atomic E-state index is 12.4. The van der Waals surface area contributed by atoms with Gasteiger partial charge in [0.2, 0.25) is 0 Å². The van der Waals surface area contributed by atoms with Crippen LogP contribution in [0.1, 0.15) is 37.4 Å². The molecule has 0 radical (unpaired) electrons. The number of fused-ring (bicyclic) bond motifs is 1. The van der Waals surface area contributed by atoms with Crippen LogP contribution in [-0.2, 0) is 0 Å². The zero-order chi connectivity index (χ0) is 17.3. The first kappa shape index (κ1) is 16.8. The van der Waals surface area contributed by atoms with E-state index in [2.05, 4.69) is 26.6 Å². The molecule has 126 valence electrons. The zero-order valence-electron chi connectivity index (χ0n) is 14.0. The molecule has 2 aromatic carbocycles. The van der Waals surface area contributed by atoms with Crippen LogP contribution in [0.3, 0.4) is 0 Å². The average molecular weight is 389 g/mol. The number of nitrogens with one attached hydrogen (secondary N) is 2. The molecule has 0 bridgehead atoms. The van der Waals surface area contributed by atoms with E-state index < -0.39 is 0 Å². The molecule has 3 rings (SSSR count). The topological polar surface area (TPSA) is 50.4 Å². The fourth-order valence-corrected chi connectivity index (χ4v) is 3.30. The van der Waals surface area contributed by atoms with E-state index in [1.54, 1.807) is 0 Å². The quantitative estimate of drug-likeness (QED) is 0.744. The van der Waals surface area contributed by atoms with Crippen LogP contribution in [0.25, 0.3) is 0 Å². The summed E-state index contributed by atoms with van der Waals surface area (Å²) in [6.07, 6.45) is 0.706. The summed E-state index contributed by atoms with van der Waals surface area (Å²) in [4.78, 5) is 12.4. The van der Waals surface area contributed by atoms with Crippen molar-refractivity contribution in [3.05, 3.63) is 58.1 Å². The lowest BCUT2D eigenvalue weighted by atomic mass is 9.90. The largest absolute Gasteiger partial charge is 0.487 e. The van der Waals surface area contributed by atoms with Crippen LogP contribution >= 0.6 is 15.9 Å². The van der Waals surface area contributed by atoms with Crippen LogP contribution in [0, 0.1) is 6.92 Å². The summed E-state index contributed by atoms with van der Waals surface area (Å²) < 4.78 is 6.99. The molecule has 5 heteroatoms. The Kier molecular flexibility index (Phi) is 4.54. The number of carbonyl (C=O) groups excluding carboxylic acids is 1. The Morgan fingerprint density at radius 3 is 2.62 bits per heavy atom. The van der Waals surface area contributed by atoms with Crippen LogP contribution in [0.4, 0.5) is 10.5 Å². The second-order valence-electron chi connectivity index (χ2n) is 6.77. The van der Waals surface area contributed by atoms with Gasteiger partial charge in [0.25, 0.3) is 0 Å². The molecular formula is C19H21BrN2O2. The van der Waals surface area contributed by atoms with Gasteiger partial charge in [0.05, 0.1) is 6.04 Å². The number of halogens is 1. The van der Waals surface area contributed by atoms with E-state index in [0.717, 1.165) is 27.0 Å². The van der Waals surface area contributed by atoms with Crippen molar-refractivity contribution < 1.29 is 9.53 Å². The van der Waals surface area contributed by atoms with Crippen LogP contribution in [0.5, 0.6) is 5.75 Å². The van der Waals surface area contributed by atoms with Crippen LogP contribution < -0.4 is 15.4 Å². The fraction of sp³-hybridized carbons (Fsp3) is 0.316. The van der Waals surface area contributed by atoms with Gasteiger partial charge >= 0.3 is 6.03 Å². The van der Waals surface area contributed by atoms with E-state index in [-0.39, 0.29) is 17.7 Å². The number of hydrogen-bond acceptors (Lipinski definition) is 2. The number of carbonyl (C=O) groups is 1. The molecule has 0 fully saturated rings. The van der Waals surface area contributed by atoms with Gasteiger partial charge in [-0.1, -0.05) is 33.6 Å². The summed E-state index contributed by atoms with van der Waals surface area (Å²) >= 11 is 3.49. The normalized spacial score (nSPS) is 18.2. The Labute approximate surface area is 150 Å². The lowest BCUT2D eigenvalue weighted by Crippen LogP contribution is -2.42. The van der Waals surface area contributed by atoms with Crippen LogP contribution in [0.2, 0.25) is 0 Å². The van der Waals surface area contributed by atoms with Crippen molar-refractivity contribution in [2.45, 2.75) is 38.8 Å². The van der Waals surface area contributed by atoms with Gasteiger partial charge in [-0.05, 0) is 51.1 Å². The number of benzene rings is 2. The molecule has 1 aliphatic rings. The zero-order valence-corrected chi connectivity index (χ0v) is 15.6. The summed E-state index contributed by atoms with van der Waals surface area (Å²) in [7, 11) is 0. The van der Waals surface area contributed by atoms with Gasteiger partial charge in [0.1, 0.15) is 11.4 Å². The maximum absolute atomic E-state index is 12.4. The molecule has 1 aliphatic heterocycles. The molecule has 1 atom stereocenters. The lowest BCUT2D eigenvalue weighted by molar-refractivity contribution is 0.0682. The Hall–Kier alpha value is -2.01. The highest BCUT2D eigenvalue weighted by Gasteiger charge is 2.34. The number of ether oxygens (including phenoxy) is 1. The number of hydrogen-bond donors (Lipinski definition) is 2. The highest BCUT2D eigenvalue weighted by atomic mass is 79.9. The Morgan fingerprint density at radius 2 is 1.92 bits per heavy atom. The van der Waals surface area contributed by atoms with E-state index in [0.29, 0.717) is 6.42 Å². The second-order valence-corrected chi connectivity index (χ2v) is 7.68. The summed E-state index contributed by atoms with van der Waals surface area (Å²) in [5, 5.41) is 5.96. The van der Waals surface area contributed by atoms with Crippen molar-refractivity contribution in [2.24, 2.45) is 0 Å². The van der Waals surface area contributed by atoms with E-state index in [1.807, 2.05) is 63.2 Å². The monoisotopic (exact) mass is 388 g/mol. The predicted molar refractivity (Wildman–Crippen MR) is 99.5 cm³/mol. The first-order valence-corrected chi connectivity index (χ1v) is 8.74. The summed E-state index contributed by atoms with van der Waals surface area (Å²) in [5.41, 5.74) is 2.59. The second kappa shape index (κ2) is 6.48. The van der Waals surface area contributed by atoms with Crippen LogP contribution in [0.15, 0.2) is 46.9 Å². The molecule has 0 saturated heterocycles. The van der Waals surface area contributed by atoms with Gasteiger partial charge in [0, 0.05) is 22.1 Å². The summed E-state index contributed by atoms with van der Waals surface area (Å²) in [6, 6.07) is 13.3. The Bertz CT molecular complexity index is 756. The molecule has 0 saturated carbocycles. The molecule has 0 aromatic heterocycles. The predicted octanol–water partition coefficient (Wildman–Crippen LogP) is 5.18. The van der Waals surface area contributed by atoms with E-state index in [9.17, 15) is 4.79 Å². The average Bonchev–Trinajstić information content (AvgIpc) is 2.49. The standard InChI is InChI=1S/C19H21BrN2O2/c1-12-4-7-14(8-5-12)21-18(23)22-16-11-19(2,3)24-17-9-6-13(20)10-15(16)17/h4-10,16H,11H2,1-3H3,(H2,21,22,23). The number of anilines is 1. The van der Waals surface area contributed by atoms with Gasteiger partial charge in [-0.3, -0.25) is 0 Å². The van der Waals surface area contributed by atoms with Crippen molar-refractivity contribution in [2.75, 3.05) is 5.32 Å². The third kappa shape index (κ3) is 3.90. The third-order valence-corrected chi connectivity index (χ3v) is 4.54. The summed E-state index contributed by atoms with van der Waals surface area (Å²) in [6.45, 7) is 6.08. The molecule has 2 amide bonds. The van der Waals surface area contributed by atoms with E-state index in [1.165, 1.54) is 0 Å². The van der Waals surface area contributed by atoms with Gasteiger partial charge in [-0.15, -0.1) is 0 Å². The third-order valence-electron chi connectivity index (χ3n) is 4.04. The van der Waals surface area contributed by atoms with Crippen molar-refractivity contribution in [1.82, 2.24) is 5.32 Å². The molecule has 0 aliphatic carbocycles. The van der Waals surface area contributed by atoms with Crippen molar-refractivity contribution >= 4 is 27.6 Å². The Balaban J connectivity index is 1.77. The molecule has 4 nitrogen and oxygen atoms in total. The number of aryl methyl sites for hydroxylation is 1. The summed E-state index contributed by atoms with van der Waals surface area (Å²) in [5.74, 6) is 0.815. The van der Waals surface area contributed by atoms with Crippen molar-refractivity contribution in [3.8, 4) is 5.75 Å². The first-order chi connectivity index (χ1) is 11.3. The maximum Gasteiger partial charge on any atom is 0.319 e. The highest BCUT2D eigenvalue weighted by molar-refractivity contribution is 9.10. The van der Waals surface area contributed by atoms with Gasteiger partial charge < -0.3 is 15.4 Å². The first-order valence-electron chi connectivity index (χ1n) is 7.95. The lowest BCUT2D eigenvalue weighted by Gasteiger charge is -2.38. The number of rotatable bonds is 2. The van der Waals surface area contributed by atoms with Gasteiger partial charge in [0.15, 0.2) is 0 Å². The molecule has 0 spiro atoms. The molecule has 1 heterocycles. The Morgan fingerprint density at radius 1 is 1.21 bits per heavy atom. The van der Waals surface area contributed by atoms with Crippen LogP contribution in [-0.4, -0.2) is 11.6 Å². The van der Waals surface area contributed by atoms with Crippen molar-refractivity contribution in [1.29, 1.82) is 0 Å². The minimum absolute atomic E-state index is 0.105. The van der Waals surface area contributed by atoms with E-state index in [4.69, 9.17) is 4.74 Å². The van der Waals surface area contributed by atoms with Crippen molar-refractivity contribution in [3.63, 3.8) is 0 Å². The molecule has 24 heavy (non-hydrogen) atoms. The molecular weight excluding hydrogens is 368 g/mol. The van der Waals surface area contributed by atoms with Gasteiger partial charge in [-0.25, -0.2) is 4.79 Å².